The van der Waals surface area contributed by atoms with Gasteiger partial charge in [0.25, 0.3) is 5.91 Å². The van der Waals surface area contributed by atoms with Gasteiger partial charge >= 0.3 is 0 Å². The summed E-state index contributed by atoms with van der Waals surface area (Å²) in [7, 11) is 0. The van der Waals surface area contributed by atoms with Gasteiger partial charge in [0.2, 0.25) is 5.91 Å². The van der Waals surface area contributed by atoms with E-state index in [4.69, 9.17) is 4.74 Å². The zero-order valence-electron chi connectivity index (χ0n) is 12.5. The lowest BCUT2D eigenvalue weighted by Crippen LogP contribution is -2.43. The second-order valence-electron chi connectivity index (χ2n) is 5.24. The number of hydrogen-bond acceptors (Lipinski definition) is 3. The lowest BCUT2D eigenvalue weighted by molar-refractivity contribution is -0.123. The van der Waals surface area contributed by atoms with E-state index in [9.17, 15) is 14.0 Å². The van der Waals surface area contributed by atoms with Gasteiger partial charge in [-0.25, -0.2) is 4.39 Å². The Kier molecular flexibility index (Phi) is 3.97. The molecule has 1 aliphatic heterocycles. The molecule has 2 aromatic rings. The smallest absolute Gasteiger partial charge is 0.265 e. The van der Waals surface area contributed by atoms with Gasteiger partial charge in [0.1, 0.15) is 18.1 Å². The third-order valence-corrected chi connectivity index (χ3v) is 3.57. The van der Waals surface area contributed by atoms with Crippen LogP contribution in [0.2, 0.25) is 0 Å². The maximum atomic E-state index is 13.1. The quantitative estimate of drug-likeness (QED) is 0.947. The molecule has 2 aromatic carbocycles. The molecule has 1 heterocycles. The summed E-state index contributed by atoms with van der Waals surface area (Å²) in [5.41, 5.74) is 1.70. The van der Waals surface area contributed by atoms with Crippen LogP contribution in [0.4, 0.5) is 15.8 Å². The van der Waals surface area contributed by atoms with Crippen molar-refractivity contribution < 1.29 is 18.7 Å². The molecule has 0 saturated carbocycles. The second-order valence-corrected chi connectivity index (χ2v) is 5.24. The van der Waals surface area contributed by atoms with E-state index in [0.29, 0.717) is 22.7 Å². The Labute approximate surface area is 132 Å². The molecule has 0 aliphatic carbocycles. The van der Waals surface area contributed by atoms with E-state index in [0.717, 1.165) is 0 Å². The Morgan fingerprint density at radius 3 is 2.87 bits per heavy atom. The van der Waals surface area contributed by atoms with E-state index in [2.05, 4.69) is 5.32 Å². The van der Waals surface area contributed by atoms with Crippen LogP contribution >= 0.6 is 0 Å². The van der Waals surface area contributed by atoms with Crippen molar-refractivity contribution in [2.45, 2.75) is 6.92 Å². The minimum Gasteiger partial charge on any atom is -0.482 e. The molecule has 0 unspecified atom stereocenters. The van der Waals surface area contributed by atoms with Crippen molar-refractivity contribution in [2.75, 3.05) is 23.4 Å². The van der Waals surface area contributed by atoms with Gasteiger partial charge in [-0.15, -0.1) is 0 Å². The molecule has 1 aliphatic rings. The van der Waals surface area contributed by atoms with E-state index < -0.39 is 0 Å². The number of para-hydroxylation sites is 2. The van der Waals surface area contributed by atoms with Crippen molar-refractivity contribution in [3.05, 3.63) is 53.8 Å². The van der Waals surface area contributed by atoms with Gasteiger partial charge in [0.15, 0.2) is 6.61 Å². The molecule has 0 fully saturated rings. The van der Waals surface area contributed by atoms with Gasteiger partial charge in [-0.05, 0) is 42.8 Å². The predicted octanol–water partition coefficient (Wildman–Crippen LogP) is 2.50. The molecule has 0 saturated heterocycles. The number of ether oxygens (including phenoxy) is 1. The summed E-state index contributed by atoms with van der Waals surface area (Å²) >= 11 is 0. The number of nitrogens with zero attached hydrogens (tertiary/aromatic N) is 1. The van der Waals surface area contributed by atoms with Crippen LogP contribution in [-0.2, 0) is 9.59 Å². The molecule has 1 N–H and O–H groups in total. The number of carbonyl (C=O) groups excluding carboxylic acids is 2. The summed E-state index contributed by atoms with van der Waals surface area (Å²) in [5, 5.41) is 2.70. The Hall–Kier alpha value is -2.89. The maximum Gasteiger partial charge on any atom is 0.265 e. The second kappa shape index (κ2) is 6.08. The standard InChI is InChI=1S/C17H15FN2O3/c1-11-8-12(18)6-7-13(11)19-16(21)9-20-14-4-2-3-5-15(14)23-10-17(20)22/h2-8H,9-10H2,1H3,(H,19,21). The maximum absolute atomic E-state index is 13.1. The molecule has 2 amide bonds. The number of amides is 2. The van der Waals surface area contributed by atoms with Crippen molar-refractivity contribution in [2.24, 2.45) is 0 Å². The summed E-state index contributed by atoms with van der Waals surface area (Å²) in [6, 6.07) is 11.2. The van der Waals surface area contributed by atoms with Crippen LogP contribution in [0.3, 0.4) is 0 Å². The SMILES string of the molecule is Cc1cc(F)ccc1NC(=O)CN1C(=O)COc2ccccc21. The average Bonchev–Trinajstić information content (AvgIpc) is 2.53. The Morgan fingerprint density at radius 1 is 1.30 bits per heavy atom. The molecule has 0 aromatic heterocycles. The van der Waals surface area contributed by atoms with Crippen LogP contribution in [0.15, 0.2) is 42.5 Å². The molecule has 0 atom stereocenters. The van der Waals surface area contributed by atoms with E-state index in [1.165, 1.54) is 23.1 Å². The molecule has 0 radical (unpaired) electrons. The summed E-state index contributed by atoms with van der Waals surface area (Å²) in [6.07, 6.45) is 0. The molecular formula is C17H15FN2O3. The minimum atomic E-state index is -0.363. The van der Waals surface area contributed by atoms with E-state index in [-0.39, 0.29) is 30.8 Å². The number of aryl methyl sites for hydroxylation is 1. The first-order chi connectivity index (χ1) is 11.0. The van der Waals surface area contributed by atoms with Gasteiger partial charge < -0.3 is 10.1 Å². The topological polar surface area (TPSA) is 58.6 Å². The van der Waals surface area contributed by atoms with Gasteiger partial charge in [-0.1, -0.05) is 12.1 Å². The third kappa shape index (κ3) is 3.15. The Morgan fingerprint density at radius 2 is 2.09 bits per heavy atom. The van der Waals surface area contributed by atoms with Gasteiger partial charge in [-0.3, -0.25) is 14.5 Å². The highest BCUT2D eigenvalue weighted by molar-refractivity contribution is 6.05. The molecule has 0 spiro atoms. The molecule has 23 heavy (non-hydrogen) atoms. The lowest BCUT2D eigenvalue weighted by atomic mass is 10.2. The molecule has 118 valence electrons. The van der Waals surface area contributed by atoms with Crippen LogP contribution in [0.25, 0.3) is 0 Å². The molecule has 0 bridgehead atoms. The van der Waals surface area contributed by atoms with Crippen molar-refractivity contribution in [3.8, 4) is 5.75 Å². The highest BCUT2D eigenvalue weighted by Crippen LogP contribution is 2.31. The fourth-order valence-corrected chi connectivity index (χ4v) is 2.43. The van der Waals surface area contributed by atoms with Crippen molar-refractivity contribution in [1.82, 2.24) is 0 Å². The van der Waals surface area contributed by atoms with E-state index in [1.807, 2.05) is 0 Å². The summed E-state index contributed by atoms with van der Waals surface area (Å²) < 4.78 is 18.4. The first-order valence-electron chi connectivity index (χ1n) is 7.13. The number of carbonyl (C=O) groups is 2. The number of nitrogens with one attached hydrogen (secondary N) is 1. The zero-order chi connectivity index (χ0) is 16.4. The van der Waals surface area contributed by atoms with Crippen LogP contribution in [0.5, 0.6) is 5.75 Å². The number of hydrogen-bond donors (Lipinski definition) is 1. The number of benzene rings is 2. The lowest BCUT2D eigenvalue weighted by Gasteiger charge is -2.28. The minimum absolute atomic E-state index is 0.0974. The predicted molar refractivity (Wildman–Crippen MR) is 84.1 cm³/mol. The number of halogens is 1. The van der Waals surface area contributed by atoms with Crippen molar-refractivity contribution in [1.29, 1.82) is 0 Å². The first kappa shape index (κ1) is 15.0. The van der Waals surface area contributed by atoms with E-state index in [1.54, 1.807) is 31.2 Å². The van der Waals surface area contributed by atoms with Crippen molar-refractivity contribution >= 4 is 23.2 Å². The van der Waals surface area contributed by atoms with Gasteiger partial charge in [-0.2, -0.15) is 0 Å². The molecule has 6 heteroatoms. The fraction of sp³-hybridized carbons (Fsp3) is 0.176. The normalized spacial score (nSPS) is 13.3. The molecule has 3 rings (SSSR count). The summed E-state index contributed by atoms with van der Waals surface area (Å²) in [4.78, 5) is 25.6. The molecular weight excluding hydrogens is 299 g/mol. The Bertz CT molecular complexity index is 776. The monoisotopic (exact) mass is 314 g/mol. The van der Waals surface area contributed by atoms with Crippen LogP contribution < -0.4 is 15.0 Å². The van der Waals surface area contributed by atoms with E-state index >= 15 is 0 Å². The first-order valence-corrected chi connectivity index (χ1v) is 7.13. The van der Waals surface area contributed by atoms with Gasteiger partial charge in [0, 0.05) is 5.69 Å². The van der Waals surface area contributed by atoms with Crippen LogP contribution in [0.1, 0.15) is 5.56 Å². The third-order valence-electron chi connectivity index (χ3n) is 3.57. The Balaban J connectivity index is 1.76. The molecule has 5 nitrogen and oxygen atoms in total. The van der Waals surface area contributed by atoms with Crippen molar-refractivity contribution in [3.63, 3.8) is 0 Å². The number of rotatable bonds is 3. The highest BCUT2D eigenvalue weighted by atomic mass is 19.1. The fourth-order valence-electron chi connectivity index (χ4n) is 2.43. The van der Waals surface area contributed by atoms with Gasteiger partial charge in [0.05, 0.1) is 5.69 Å². The number of fused-ring (bicyclic) bond motifs is 1. The summed E-state index contributed by atoms with van der Waals surface area (Å²) in [6.45, 7) is 1.48. The highest BCUT2D eigenvalue weighted by Gasteiger charge is 2.27. The number of anilines is 2. The zero-order valence-corrected chi connectivity index (χ0v) is 12.5. The van der Waals surface area contributed by atoms with Crippen LogP contribution in [0, 0.1) is 12.7 Å². The van der Waals surface area contributed by atoms with Crippen LogP contribution in [-0.4, -0.2) is 25.0 Å². The summed E-state index contributed by atoms with van der Waals surface area (Å²) in [5.74, 6) is -0.435. The average molecular weight is 314 g/mol. The largest absolute Gasteiger partial charge is 0.482 e.